The smallest absolute Gasteiger partial charge is 0.251 e. The van der Waals surface area contributed by atoms with Gasteiger partial charge in [0.1, 0.15) is 0 Å². The monoisotopic (exact) mass is 265 g/mol. The zero-order valence-electron chi connectivity index (χ0n) is 12.2. The van der Waals surface area contributed by atoms with E-state index >= 15 is 0 Å². The Bertz CT molecular complexity index is 412. The third kappa shape index (κ3) is 5.01. The molecule has 0 spiro atoms. The molecule has 0 aromatic heterocycles. The number of ether oxygens (including phenoxy) is 2. The van der Waals surface area contributed by atoms with E-state index in [0.29, 0.717) is 25.3 Å². The van der Waals surface area contributed by atoms with Gasteiger partial charge in [0.05, 0.1) is 6.54 Å². The van der Waals surface area contributed by atoms with Crippen molar-refractivity contribution in [2.75, 3.05) is 19.8 Å². The van der Waals surface area contributed by atoms with E-state index in [1.54, 1.807) is 0 Å². The van der Waals surface area contributed by atoms with Crippen LogP contribution in [0.5, 0.6) is 0 Å². The normalized spacial score (nSPS) is 10.8. The van der Waals surface area contributed by atoms with Crippen LogP contribution >= 0.6 is 0 Å². The quantitative estimate of drug-likeness (QED) is 0.770. The number of carbonyl (C=O) groups is 1. The molecule has 0 aliphatic rings. The first-order chi connectivity index (χ1) is 9.08. The molecule has 1 aromatic rings. The lowest BCUT2D eigenvalue weighted by molar-refractivity contribution is -0.131. The van der Waals surface area contributed by atoms with E-state index in [1.807, 2.05) is 45.9 Å². The van der Waals surface area contributed by atoms with E-state index in [1.165, 1.54) is 0 Å². The number of amides is 1. The Morgan fingerprint density at radius 3 is 2.42 bits per heavy atom. The van der Waals surface area contributed by atoms with Gasteiger partial charge in [0.15, 0.2) is 6.29 Å². The molecule has 0 radical (unpaired) electrons. The molecule has 1 aromatic carbocycles. The van der Waals surface area contributed by atoms with Gasteiger partial charge in [0.2, 0.25) is 0 Å². The zero-order chi connectivity index (χ0) is 14.3. The second-order valence-corrected chi connectivity index (χ2v) is 4.37. The SMILES string of the molecule is CCOC(CNC(=O)c1cc(C)ccc1C)OCC. The summed E-state index contributed by atoms with van der Waals surface area (Å²) in [6.45, 7) is 9.18. The molecule has 1 rings (SSSR count). The second kappa shape index (κ2) is 7.92. The predicted molar refractivity (Wildman–Crippen MR) is 75.3 cm³/mol. The van der Waals surface area contributed by atoms with Crippen LogP contribution in [-0.4, -0.2) is 32.0 Å². The third-order valence-corrected chi connectivity index (χ3v) is 2.77. The molecule has 0 fully saturated rings. The first-order valence-corrected chi connectivity index (χ1v) is 6.67. The molecule has 0 unspecified atom stereocenters. The summed E-state index contributed by atoms with van der Waals surface area (Å²) in [5.74, 6) is -0.0920. The van der Waals surface area contributed by atoms with Crippen LogP contribution in [0, 0.1) is 13.8 Å². The van der Waals surface area contributed by atoms with Gasteiger partial charge in [-0.3, -0.25) is 4.79 Å². The van der Waals surface area contributed by atoms with E-state index < -0.39 is 0 Å². The zero-order valence-corrected chi connectivity index (χ0v) is 12.2. The summed E-state index contributed by atoms with van der Waals surface area (Å²) in [7, 11) is 0. The van der Waals surface area contributed by atoms with Crippen LogP contribution in [0.2, 0.25) is 0 Å². The van der Waals surface area contributed by atoms with E-state index in [9.17, 15) is 4.79 Å². The molecule has 106 valence electrons. The molecule has 19 heavy (non-hydrogen) atoms. The molecule has 4 heteroatoms. The highest BCUT2D eigenvalue weighted by Gasteiger charge is 2.13. The van der Waals surface area contributed by atoms with Crippen molar-refractivity contribution in [3.05, 3.63) is 34.9 Å². The van der Waals surface area contributed by atoms with Gasteiger partial charge in [-0.15, -0.1) is 0 Å². The summed E-state index contributed by atoms with van der Waals surface area (Å²) in [5, 5.41) is 2.85. The average molecular weight is 265 g/mol. The second-order valence-electron chi connectivity index (χ2n) is 4.37. The van der Waals surface area contributed by atoms with Crippen LogP contribution in [-0.2, 0) is 9.47 Å². The van der Waals surface area contributed by atoms with Crippen LogP contribution in [0.1, 0.15) is 35.3 Å². The first-order valence-electron chi connectivity index (χ1n) is 6.67. The van der Waals surface area contributed by atoms with Crippen LogP contribution in [0.15, 0.2) is 18.2 Å². The summed E-state index contributed by atoms with van der Waals surface area (Å²) < 4.78 is 10.8. The molecular weight excluding hydrogens is 242 g/mol. The van der Waals surface area contributed by atoms with Crippen LogP contribution in [0.4, 0.5) is 0 Å². The molecule has 0 saturated heterocycles. The van der Waals surface area contributed by atoms with Crippen LogP contribution < -0.4 is 5.32 Å². The number of nitrogens with one attached hydrogen (secondary N) is 1. The Labute approximate surface area is 115 Å². The Morgan fingerprint density at radius 1 is 1.21 bits per heavy atom. The summed E-state index contributed by atoms with van der Waals surface area (Å²) >= 11 is 0. The number of benzene rings is 1. The molecule has 0 saturated carbocycles. The van der Waals surface area contributed by atoms with Crippen molar-refractivity contribution >= 4 is 5.91 Å². The minimum atomic E-state index is -0.385. The number of hydrogen-bond acceptors (Lipinski definition) is 3. The first kappa shape index (κ1) is 15.7. The molecule has 4 nitrogen and oxygen atoms in total. The van der Waals surface area contributed by atoms with E-state index in [0.717, 1.165) is 11.1 Å². The fourth-order valence-electron chi connectivity index (χ4n) is 1.79. The highest BCUT2D eigenvalue weighted by Crippen LogP contribution is 2.10. The molecule has 0 aliphatic carbocycles. The van der Waals surface area contributed by atoms with Crippen molar-refractivity contribution in [2.24, 2.45) is 0 Å². The molecule has 1 N–H and O–H groups in total. The summed E-state index contributed by atoms with van der Waals surface area (Å²) in [4.78, 5) is 12.1. The van der Waals surface area contributed by atoms with Crippen molar-refractivity contribution in [1.29, 1.82) is 0 Å². The third-order valence-electron chi connectivity index (χ3n) is 2.77. The lowest BCUT2D eigenvalue weighted by atomic mass is 10.1. The molecule has 0 bridgehead atoms. The van der Waals surface area contributed by atoms with Crippen LogP contribution in [0.3, 0.4) is 0 Å². The van der Waals surface area contributed by atoms with Gasteiger partial charge in [-0.05, 0) is 39.3 Å². The Balaban J connectivity index is 2.61. The fraction of sp³-hybridized carbons (Fsp3) is 0.533. The van der Waals surface area contributed by atoms with E-state index in [2.05, 4.69) is 5.32 Å². The fourth-order valence-corrected chi connectivity index (χ4v) is 1.79. The van der Waals surface area contributed by atoms with Gasteiger partial charge >= 0.3 is 0 Å². The standard InChI is InChI=1S/C15H23NO3/c1-5-18-14(19-6-2)10-16-15(17)13-9-11(3)7-8-12(13)4/h7-9,14H,5-6,10H2,1-4H3,(H,16,17). The average Bonchev–Trinajstić information content (AvgIpc) is 2.39. The number of aryl methyl sites for hydroxylation is 2. The summed E-state index contributed by atoms with van der Waals surface area (Å²) in [6, 6.07) is 5.84. The van der Waals surface area contributed by atoms with Crippen molar-refractivity contribution in [3.63, 3.8) is 0 Å². The highest BCUT2D eigenvalue weighted by atomic mass is 16.7. The van der Waals surface area contributed by atoms with Gasteiger partial charge in [0, 0.05) is 18.8 Å². The molecule has 1 amide bonds. The van der Waals surface area contributed by atoms with Crippen LogP contribution in [0.25, 0.3) is 0 Å². The Hall–Kier alpha value is -1.39. The minimum Gasteiger partial charge on any atom is -0.351 e. The van der Waals surface area contributed by atoms with Gasteiger partial charge < -0.3 is 14.8 Å². The van der Waals surface area contributed by atoms with E-state index in [4.69, 9.17) is 9.47 Å². The van der Waals surface area contributed by atoms with Gasteiger partial charge in [0.25, 0.3) is 5.91 Å². The number of carbonyl (C=O) groups excluding carboxylic acids is 1. The van der Waals surface area contributed by atoms with Gasteiger partial charge in [-0.1, -0.05) is 17.7 Å². The molecule has 0 heterocycles. The van der Waals surface area contributed by atoms with Crippen molar-refractivity contribution in [2.45, 2.75) is 34.0 Å². The largest absolute Gasteiger partial charge is 0.351 e. The molecular formula is C15H23NO3. The maximum atomic E-state index is 12.1. The topological polar surface area (TPSA) is 47.6 Å². The molecule has 0 atom stereocenters. The van der Waals surface area contributed by atoms with Crippen molar-refractivity contribution in [3.8, 4) is 0 Å². The minimum absolute atomic E-state index is 0.0920. The summed E-state index contributed by atoms with van der Waals surface area (Å²) in [5.41, 5.74) is 2.74. The van der Waals surface area contributed by atoms with Crippen molar-refractivity contribution < 1.29 is 14.3 Å². The van der Waals surface area contributed by atoms with E-state index in [-0.39, 0.29) is 12.2 Å². The van der Waals surface area contributed by atoms with Gasteiger partial charge in [-0.2, -0.15) is 0 Å². The molecule has 0 aliphatic heterocycles. The summed E-state index contributed by atoms with van der Waals surface area (Å²) in [6.07, 6.45) is -0.385. The predicted octanol–water partition coefficient (Wildman–Crippen LogP) is 2.43. The lowest BCUT2D eigenvalue weighted by Crippen LogP contribution is -2.35. The van der Waals surface area contributed by atoms with Crippen molar-refractivity contribution in [1.82, 2.24) is 5.32 Å². The maximum Gasteiger partial charge on any atom is 0.251 e. The number of hydrogen-bond donors (Lipinski definition) is 1. The Morgan fingerprint density at radius 2 is 1.84 bits per heavy atom. The lowest BCUT2D eigenvalue weighted by Gasteiger charge is -2.17. The van der Waals surface area contributed by atoms with Gasteiger partial charge in [-0.25, -0.2) is 0 Å². The highest BCUT2D eigenvalue weighted by molar-refractivity contribution is 5.95. The Kier molecular flexibility index (Phi) is 6.53. The maximum absolute atomic E-state index is 12.1. The number of rotatable bonds is 7.